The van der Waals surface area contributed by atoms with Crippen molar-refractivity contribution in [3.05, 3.63) is 59.4 Å². The number of likely N-dealkylation sites (tertiary alicyclic amines) is 1. The number of fused-ring (bicyclic) bond motifs is 1. The smallest absolute Gasteiger partial charge is 0.238 e. The highest BCUT2D eigenvalue weighted by molar-refractivity contribution is 5.93. The molecule has 7 heteroatoms. The second-order valence-electron chi connectivity index (χ2n) is 9.48. The molecule has 2 aliphatic heterocycles. The highest BCUT2D eigenvalue weighted by Gasteiger charge is 2.41. The van der Waals surface area contributed by atoms with E-state index in [-0.39, 0.29) is 24.2 Å². The average molecular weight is 468 g/mol. The maximum Gasteiger partial charge on any atom is 0.238 e. The number of aryl methyl sites for hydroxylation is 2. The minimum atomic E-state index is -0.398. The summed E-state index contributed by atoms with van der Waals surface area (Å²) in [7, 11) is 0. The molecule has 6 nitrogen and oxygen atoms in total. The van der Waals surface area contributed by atoms with Crippen molar-refractivity contribution < 1.29 is 18.7 Å². The zero-order valence-electron chi connectivity index (χ0n) is 19.9. The number of rotatable bonds is 3. The number of para-hydroxylation sites is 1. The largest absolute Gasteiger partial charge is 0.491 e. The van der Waals surface area contributed by atoms with Gasteiger partial charge in [0.15, 0.2) is 0 Å². The van der Waals surface area contributed by atoms with Gasteiger partial charge in [0, 0.05) is 5.69 Å². The van der Waals surface area contributed by atoms with Crippen molar-refractivity contribution in [1.29, 1.82) is 0 Å². The van der Waals surface area contributed by atoms with E-state index in [2.05, 4.69) is 21.6 Å². The number of piperidine rings is 1. The average Bonchev–Trinajstić information content (AvgIpc) is 2.83. The predicted octanol–water partition coefficient (Wildman–Crippen LogP) is 4.08. The molecule has 1 fully saturated rings. The van der Waals surface area contributed by atoms with Gasteiger partial charge in [-0.3, -0.25) is 14.5 Å². The van der Waals surface area contributed by atoms with Crippen LogP contribution in [-0.4, -0.2) is 49.5 Å². The Morgan fingerprint density at radius 1 is 1.15 bits per heavy atom. The molecule has 0 saturated carbocycles. The van der Waals surface area contributed by atoms with Crippen LogP contribution in [0.2, 0.25) is 0 Å². The fourth-order valence-electron chi connectivity index (χ4n) is 4.99. The molecule has 1 spiro atoms. The van der Waals surface area contributed by atoms with Gasteiger partial charge >= 0.3 is 0 Å². The number of hydrogen-bond donors (Lipinski definition) is 2. The molecule has 34 heavy (non-hydrogen) atoms. The van der Waals surface area contributed by atoms with E-state index in [1.165, 1.54) is 17.7 Å². The van der Waals surface area contributed by atoms with Gasteiger partial charge in [0.2, 0.25) is 11.8 Å². The Bertz CT molecular complexity index is 1020. The van der Waals surface area contributed by atoms with Crippen LogP contribution in [0.3, 0.4) is 0 Å². The first-order valence-corrected chi connectivity index (χ1v) is 12.2. The highest BCUT2D eigenvalue weighted by atomic mass is 19.1. The molecule has 2 aliphatic rings. The topological polar surface area (TPSA) is 70.7 Å². The van der Waals surface area contributed by atoms with Gasteiger partial charge in [0.25, 0.3) is 0 Å². The molecule has 4 rings (SSSR count). The van der Waals surface area contributed by atoms with E-state index in [0.717, 1.165) is 49.8 Å². The lowest BCUT2D eigenvalue weighted by Crippen LogP contribution is -2.50. The predicted molar refractivity (Wildman–Crippen MR) is 130 cm³/mol. The Hall–Kier alpha value is -2.93. The number of carbonyl (C=O) groups is 2. The fourth-order valence-corrected chi connectivity index (χ4v) is 4.99. The summed E-state index contributed by atoms with van der Waals surface area (Å²) in [5.41, 5.74) is 2.15. The Balaban J connectivity index is 1.33. The molecule has 0 aromatic heterocycles. The number of amides is 2. The maximum atomic E-state index is 13.5. The van der Waals surface area contributed by atoms with E-state index in [1.54, 1.807) is 6.07 Å². The van der Waals surface area contributed by atoms with E-state index >= 15 is 0 Å². The van der Waals surface area contributed by atoms with E-state index in [4.69, 9.17) is 4.74 Å². The van der Waals surface area contributed by atoms with Crippen LogP contribution >= 0.6 is 0 Å². The monoisotopic (exact) mass is 467 g/mol. The van der Waals surface area contributed by atoms with Gasteiger partial charge in [-0.15, -0.1) is 0 Å². The quantitative estimate of drug-likeness (QED) is 0.714. The number of carbonyl (C=O) groups excluding carboxylic acids is 2. The molecule has 0 atom stereocenters. The van der Waals surface area contributed by atoms with Crippen molar-refractivity contribution in [2.45, 2.75) is 45.4 Å². The molecule has 0 radical (unpaired) electrons. The molecule has 2 heterocycles. The van der Waals surface area contributed by atoms with E-state index in [1.807, 2.05) is 25.1 Å². The number of hydrogen-bond acceptors (Lipinski definition) is 4. The third-order valence-electron chi connectivity index (χ3n) is 7.10. The van der Waals surface area contributed by atoms with Crippen LogP contribution in [0.25, 0.3) is 0 Å². The van der Waals surface area contributed by atoms with Crippen molar-refractivity contribution >= 4 is 17.5 Å². The molecule has 1 saturated heterocycles. The molecular formula is C27H34FN3O3. The summed E-state index contributed by atoms with van der Waals surface area (Å²) in [6.07, 6.45) is 5.23. The Morgan fingerprint density at radius 3 is 2.76 bits per heavy atom. The van der Waals surface area contributed by atoms with Crippen LogP contribution in [-0.2, 0) is 16.0 Å². The second kappa shape index (κ2) is 11.0. The van der Waals surface area contributed by atoms with Crippen molar-refractivity contribution in [2.75, 3.05) is 38.1 Å². The number of ether oxygens (including phenoxy) is 1. The summed E-state index contributed by atoms with van der Waals surface area (Å²) < 4.78 is 19.4. The molecule has 182 valence electrons. The summed E-state index contributed by atoms with van der Waals surface area (Å²) in [4.78, 5) is 27.8. The Labute approximate surface area is 200 Å². The summed E-state index contributed by atoms with van der Waals surface area (Å²) in [5.74, 6) is 0.475. The van der Waals surface area contributed by atoms with Crippen LogP contribution in [0, 0.1) is 18.2 Å². The Morgan fingerprint density at radius 2 is 1.94 bits per heavy atom. The van der Waals surface area contributed by atoms with E-state index in [0.29, 0.717) is 31.9 Å². The molecule has 0 unspecified atom stereocenters. The zero-order valence-corrected chi connectivity index (χ0v) is 19.9. The SMILES string of the molecule is Cc1ccc(F)cc1NC(=O)CN1CCC2(CCCCc3ccccc3OCCNC2=O)CC1. The van der Waals surface area contributed by atoms with Crippen LogP contribution < -0.4 is 15.4 Å². The molecule has 2 amide bonds. The molecule has 2 N–H and O–H groups in total. The van der Waals surface area contributed by atoms with Crippen molar-refractivity contribution in [3.63, 3.8) is 0 Å². The number of halogens is 1. The molecular weight excluding hydrogens is 433 g/mol. The van der Waals surface area contributed by atoms with Crippen molar-refractivity contribution in [1.82, 2.24) is 10.2 Å². The minimum Gasteiger partial charge on any atom is -0.491 e. The summed E-state index contributed by atoms with van der Waals surface area (Å²) in [6.45, 7) is 4.37. The minimum absolute atomic E-state index is 0.101. The maximum absolute atomic E-state index is 13.5. The standard InChI is InChI=1S/C27H34FN3O3/c1-20-9-10-22(28)18-23(20)30-25(32)19-31-15-12-27(13-16-31)11-5-4-7-21-6-2-3-8-24(21)34-17-14-29-26(27)33/h2-3,6,8-10,18H,4-5,7,11-17,19H2,1H3,(H,29,33)(H,30,32). The second-order valence-corrected chi connectivity index (χ2v) is 9.48. The van der Waals surface area contributed by atoms with Gasteiger partial charge in [-0.25, -0.2) is 4.39 Å². The van der Waals surface area contributed by atoms with Gasteiger partial charge in [-0.2, -0.15) is 0 Å². The van der Waals surface area contributed by atoms with Gasteiger partial charge < -0.3 is 15.4 Å². The lowest BCUT2D eigenvalue weighted by molar-refractivity contribution is -0.135. The van der Waals surface area contributed by atoms with Crippen molar-refractivity contribution in [3.8, 4) is 5.75 Å². The first kappa shape index (κ1) is 24.2. The van der Waals surface area contributed by atoms with Crippen LogP contribution in [0.5, 0.6) is 5.75 Å². The number of anilines is 1. The van der Waals surface area contributed by atoms with Gasteiger partial charge in [0.05, 0.1) is 18.5 Å². The molecule has 2 aromatic rings. The number of nitrogens with one attached hydrogen (secondary N) is 2. The third-order valence-corrected chi connectivity index (χ3v) is 7.10. The van der Waals surface area contributed by atoms with Crippen LogP contribution in [0.4, 0.5) is 10.1 Å². The molecule has 2 aromatic carbocycles. The molecule has 0 aliphatic carbocycles. The fraction of sp³-hybridized carbons (Fsp3) is 0.481. The van der Waals surface area contributed by atoms with Crippen LogP contribution in [0.1, 0.15) is 43.2 Å². The summed E-state index contributed by atoms with van der Waals surface area (Å²) in [5, 5.41) is 5.91. The lowest BCUT2D eigenvalue weighted by Gasteiger charge is -2.40. The number of nitrogens with zero attached hydrogens (tertiary/aromatic N) is 1. The Kier molecular flexibility index (Phi) is 7.83. The first-order valence-electron chi connectivity index (χ1n) is 12.2. The van der Waals surface area contributed by atoms with Gasteiger partial charge in [0.1, 0.15) is 18.2 Å². The van der Waals surface area contributed by atoms with E-state index < -0.39 is 5.41 Å². The van der Waals surface area contributed by atoms with Crippen molar-refractivity contribution in [2.24, 2.45) is 5.41 Å². The number of benzene rings is 2. The zero-order chi connectivity index (χ0) is 24.0. The first-order chi connectivity index (χ1) is 16.4. The van der Waals surface area contributed by atoms with Gasteiger partial charge in [-0.05, 0) is 81.4 Å². The summed E-state index contributed by atoms with van der Waals surface area (Å²) in [6, 6.07) is 12.5. The highest BCUT2D eigenvalue weighted by Crippen LogP contribution is 2.37. The lowest BCUT2D eigenvalue weighted by atomic mass is 9.73. The van der Waals surface area contributed by atoms with Gasteiger partial charge in [-0.1, -0.05) is 30.7 Å². The normalized spacial score (nSPS) is 19.2. The molecule has 0 bridgehead atoms. The van der Waals surface area contributed by atoms with E-state index in [9.17, 15) is 14.0 Å². The van der Waals surface area contributed by atoms with Crippen LogP contribution in [0.15, 0.2) is 42.5 Å². The third kappa shape index (κ3) is 5.95. The summed E-state index contributed by atoms with van der Waals surface area (Å²) >= 11 is 0.